The summed E-state index contributed by atoms with van der Waals surface area (Å²) in [7, 11) is -3.61. The zero-order chi connectivity index (χ0) is 19.6. The minimum absolute atomic E-state index is 0.119. The summed E-state index contributed by atoms with van der Waals surface area (Å²) in [5.41, 5.74) is 2.41. The van der Waals surface area contributed by atoms with Crippen LogP contribution in [0.1, 0.15) is 31.2 Å². The van der Waals surface area contributed by atoms with Crippen LogP contribution in [0.4, 0.5) is 16.2 Å². The van der Waals surface area contributed by atoms with E-state index in [0.29, 0.717) is 12.2 Å². The van der Waals surface area contributed by atoms with Crippen molar-refractivity contribution < 1.29 is 13.2 Å². The number of amides is 2. The van der Waals surface area contributed by atoms with Crippen molar-refractivity contribution in [1.82, 2.24) is 4.90 Å². The van der Waals surface area contributed by atoms with E-state index in [1.54, 1.807) is 24.3 Å². The van der Waals surface area contributed by atoms with E-state index in [0.717, 1.165) is 56.4 Å². The Labute approximate surface area is 166 Å². The van der Waals surface area contributed by atoms with E-state index in [9.17, 15) is 13.2 Å². The van der Waals surface area contributed by atoms with Crippen LogP contribution in [0.25, 0.3) is 0 Å². The Balaban J connectivity index is 1.48. The second-order valence-electron chi connectivity index (χ2n) is 7.31. The highest BCUT2D eigenvalue weighted by Crippen LogP contribution is 2.32. The molecule has 28 heavy (non-hydrogen) atoms. The molecule has 2 heterocycles. The number of fused-ring (bicyclic) bond motifs is 1. The van der Waals surface area contributed by atoms with Gasteiger partial charge in [0.25, 0.3) is 10.0 Å². The van der Waals surface area contributed by atoms with Crippen LogP contribution >= 0.6 is 0 Å². The maximum Gasteiger partial charge on any atom is 0.321 e. The van der Waals surface area contributed by atoms with Crippen LogP contribution in [0.5, 0.6) is 0 Å². The molecule has 0 aromatic heterocycles. The lowest BCUT2D eigenvalue weighted by Crippen LogP contribution is -2.35. The molecule has 0 saturated carbocycles. The van der Waals surface area contributed by atoms with E-state index in [2.05, 4.69) is 5.32 Å². The third kappa shape index (κ3) is 3.71. The highest BCUT2D eigenvalue weighted by molar-refractivity contribution is 7.92. The monoisotopic (exact) mass is 399 g/mol. The van der Waals surface area contributed by atoms with Crippen molar-refractivity contribution in [3.05, 3.63) is 54.1 Å². The fourth-order valence-corrected chi connectivity index (χ4v) is 5.37. The largest absolute Gasteiger partial charge is 0.325 e. The molecule has 148 valence electrons. The highest BCUT2D eigenvalue weighted by atomic mass is 32.2. The van der Waals surface area contributed by atoms with Gasteiger partial charge in [-0.15, -0.1) is 0 Å². The Morgan fingerprint density at radius 3 is 2.25 bits per heavy atom. The fourth-order valence-electron chi connectivity index (χ4n) is 3.87. The Bertz CT molecular complexity index is 949. The normalized spacial score (nSPS) is 17.1. The molecule has 0 unspecified atom stereocenters. The van der Waals surface area contributed by atoms with Crippen LogP contribution in [0.3, 0.4) is 0 Å². The summed E-state index contributed by atoms with van der Waals surface area (Å²) in [5.74, 6) is 0. The van der Waals surface area contributed by atoms with Gasteiger partial charge in [0.15, 0.2) is 0 Å². The first-order chi connectivity index (χ1) is 13.6. The minimum atomic E-state index is -3.61. The molecular weight excluding hydrogens is 374 g/mol. The first kappa shape index (κ1) is 18.8. The van der Waals surface area contributed by atoms with Crippen molar-refractivity contribution >= 4 is 27.4 Å². The first-order valence-electron chi connectivity index (χ1n) is 9.82. The van der Waals surface area contributed by atoms with Gasteiger partial charge in [0.05, 0.1) is 10.6 Å². The fraction of sp³-hybridized carbons (Fsp3) is 0.381. The van der Waals surface area contributed by atoms with E-state index in [1.807, 2.05) is 29.2 Å². The number of nitrogens with zero attached hydrogens (tertiary/aromatic N) is 2. The summed E-state index contributed by atoms with van der Waals surface area (Å²) in [6.45, 7) is 1.99. The number of benzene rings is 2. The lowest BCUT2D eigenvalue weighted by Gasteiger charge is -2.21. The number of sulfonamides is 1. The molecular formula is C21H25N3O3S. The molecule has 0 atom stereocenters. The molecule has 1 fully saturated rings. The molecule has 2 amide bonds. The molecule has 0 aliphatic carbocycles. The van der Waals surface area contributed by atoms with Gasteiger partial charge in [0.2, 0.25) is 0 Å². The van der Waals surface area contributed by atoms with Gasteiger partial charge in [-0.2, -0.15) is 0 Å². The maximum absolute atomic E-state index is 13.0. The van der Waals surface area contributed by atoms with Gasteiger partial charge in [-0.25, -0.2) is 13.2 Å². The van der Waals surface area contributed by atoms with Crippen LogP contribution in [0.2, 0.25) is 0 Å². The van der Waals surface area contributed by atoms with Crippen LogP contribution in [0.15, 0.2) is 53.4 Å². The lowest BCUT2D eigenvalue weighted by molar-refractivity contribution is 0.214. The zero-order valence-electron chi connectivity index (χ0n) is 15.8. The molecule has 2 aliphatic heterocycles. The molecule has 0 radical (unpaired) electrons. The van der Waals surface area contributed by atoms with Crippen molar-refractivity contribution in [3.8, 4) is 0 Å². The smallest absolute Gasteiger partial charge is 0.321 e. The summed E-state index contributed by atoms with van der Waals surface area (Å²) in [4.78, 5) is 14.5. The standard InChI is InChI=1S/C21H25N3O3S/c25-21(23-14-5-1-2-6-15-23)22-18-9-11-19(12-10-18)28(26,27)24-16-13-17-7-3-4-8-20(17)24/h3-4,7-12H,1-2,5-6,13-16H2,(H,22,25). The number of hydrogen-bond donors (Lipinski definition) is 1. The molecule has 0 spiro atoms. The molecule has 1 N–H and O–H groups in total. The van der Waals surface area contributed by atoms with Gasteiger partial charge in [-0.3, -0.25) is 4.31 Å². The number of para-hydroxylation sites is 1. The topological polar surface area (TPSA) is 69.7 Å². The van der Waals surface area contributed by atoms with E-state index in [1.165, 1.54) is 4.31 Å². The Kier molecular flexibility index (Phi) is 5.26. The Morgan fingerprint density at radius 2 is 1.54 bits per heavy atom. The zero-order valence-corrected chi connectivity index (χ0v) is 16.6. The minimum Gasteiger partial charge on any atom is -0.325 e. The van der Waals surface area contributed by atoms with Crippen LogP contribution in [-0.2, 0) is 16.4 Å². The van der Waals surface area contributed by atoms with Gasteiger partial charge >= 0.3 is 6.03 Å². The summed E-state index contributed by atoms with van der Waals surface area (Å²) in [6.07, 6.45) is 5.11. The SMILES string of the molecule is O=C(Nc1ccc(S(=O)(=O)N2CCc3ccccc32)cc1)N1CCCCCC1. The van der Waals surface area contributed by atoms with Crippen molar-refractivity contribution in [3.63, 3.8) is 0 Å². The van der Waals surface area contributed by atoms with Gasteiger partial charge in [-0.05, 0) is 55.2 Å². The quantitative estimate of drug-likeness (QED) is 0.852. The molecule has 4 rings (SSSR count). The number of carbonyl (C=O) groups excluding carboxylic acids is 1. The van der Waals surface area contributed by atoms with Gasteiger partial charge < -0.3 is 10.2 Å². The molecule has 2 aromatic carbocycles. The second-order valence-corrected chi connectivity index (χ2v) is 9.17. The van der Waals surface area contributed by atoms with Crippen molar-refractivity contribution in [2.24, 2.45) is 0 Å². The average molecular weight is 400 g/mol. The second kappa shape index (κ2) is 7.83. The van der Waals surface area contributed by atoms with Crippen LogP contribution in [-0.4, -0.2) is 39.0 Å². The number of urea groups is 1. The summed E-state index contributed by atoms with van der Waals surface area (Å²) in [5, 5.41) is 2.88. The van der Waals surface area contributed by atoms with Gasteiger partial charge in [0, 0.05) is 25.3 Å². The third-order valence-electron chi connectivity index (χ3n) is 5.43. The molecule has 1 saturated heterocycles. The van der Waals surface area contributed by atoms with E-state index < -0.39 is 10.0 Å². The number of anilines is 2. The third-order valence-corrected chi connectivity index (χ3v) is 7.26. The summed E-state index contributed by atoms with van der Waals surface area (Å²) >= 11 is 0. The van der Waals surface area contributed by atoms with Crippen molar-refractivity contribution in [2.75, 3.05) is 29.3 Å². The van der Waals surface area contributed by atoms with Crippen LogP contribution in [0, 0.1) is 0 Å². The van der Waals surface area contributed by atoms with Gasteiger partial charge in [0.1, 0.15) is 0 Å². The Hall–Kier alpha value is -2.54. The molecule has 2 aromatic rings. The number of rotatable bonds is 3. The Morgan fingerprint density at radius 1 is 0.857 bits per heavy atom. The number of nitrogens with one attached hydrogen (secondary N) is 1. The van der Waals surface area contributed by atoms with E-state index in [4.69, 9.17) is 0 Å². The summed E-state index contributed by atoms with van der Waals surface area (Å²) < 4.78 is 27.6. The summed E-state index contributed by atoms with van der Waals surface area (Å²) in [6, 6.07) is 13.9. The van der Waals surface area contributed by atoms with Crippen molar-refractivity contribution in [1.29, 1.82) is 0 Å². The van der Waals surface area contributed by atoms with E-state index in [-0.39, 0.29) is 10.9 Å². The average Bonchev–Trinajstić information content (AvgIpc) is 2.95. The number of hydrogen-bond acceptors (Lipinski definition) is 3. The lowest BCUT2D eigenvalue weighted by atomic mass is 10.2. The first-order valence-corrected chi connectivity index (χ1v) is 11.3. The van der Waals surface area contributed by atoms with E-state index >= 15 is 0 Å². The number of carbonyl (C=O) groups is 1. The van der Waals surface area contributed by atoms with Crippen LogP contribution < -0.4 is 9.62 Å². The molecule has 0 bridgehead atoms. The van der Waals surface area contributed by atoms with Crippen molar-refractivity contribution in [2.45, 2.75) is 37.0 Å². The molecule has 6 nitrogen and oxygen atoms in total. The highest BCUT2D eigenvalue weighted by Gasteiger charge is 2.30. The maximum atomic E-state index is 13.0. The predicted molar refractivity (Wildman–Crippen MR) is 110 cm³/mol. The molecule has 7 heteroatoms. The molecule has 2 aliphatic rings. The predicted octanol–water partition coefficient (Wildman–Crippen LogP) is 3.85. The van der Waals surface area contributed by atoms with Gasteiger partial charge in [-0.1, -0.05) is 31.0 Å². The number of likely N-dealkylation sites (tertiary alicyclic amines) is 1.